The Hall–Kier alpha value is -5.29. The molecule has 3 aliphatic heterocycles. The van der Waals surface area contributed by atoms with Gasteiger partial charge in [0.1, 0.15) is 29.3 Å². The lowest BCUT2D eigenvalue weighted by Gasteiger charge is -2.38. The number of hydrogen-bond donors (Lipinski definition) is 6. The largest absolute Gasteiger partial charge is 0.505 e. The molecule has 0 radical (unpaired) electrons. The minimum Gasteiger partial charge on any atom is -0.505 e. The van der Waals surface area contributed by atoms with Gasteiger partial charge in [0.25, 0.3) is 5.91 Å². The minimum absolute atomic E-state index is 0.00692. The van der Waals surface area contributed by atoms with Gasteiger partial charge >= 0.3 is 17.9 Å². The number of esters is 3. The fourth-order valence-corrected chi connectivity index (χ4v) is 7.26. The number of ether oxygens (including phenoxy) is 5. The van der Waals surface area contributed by atoms with E-state index in [1.807, 2.05) is 0 Å². The quantitative estimate of drug-likeness (QED) is 0.146. The summed E-state index contributed by atoms with van der Waals surface area (Å²) in [6.45, 7) is 12.1. The van der Waals surface area contributed by atoms with E-state index >= 15 is 0 Å². The molecule has 16 heteroatoms. The summed E-state index contributed by atoms with van der Waals surface area (Å²) in [6, 6.07) is 0. The van der Waals surface area contributed by atoms with Crippen LogP contribution in [0.5, 0.6) is 11.5 Å². The van der Waals surface area contributed by atoms with Crippen molar-refractivity contribution in [3.05, 3.63) is 69.2 Å². The summed E-state index contributed by atoms with van der Waals surface area (Å²) in [7, 11) is 1.06. The number of aliphatic hydroxyl groups is 4. The third-order valence-electron chi connectivity index (χ3n) is 10.6. The number of benzene rings is 1. The highest BCUT2D eigenvalue weighted by Crippen LogP contribution is 2.53. The third kappa shape index (κ3) is 8.83. The number of phenolic OH excluding ortho intramolecular Hbond substituents is 1. The molecule has 1 aliphatic carbocycles. The molecule has 9 atom stereocenters. The summed E-state index contributed by atoms with van der Waals surface area (Å²) in [5.41, 5.74) is -0.240. The summed E-state index contributed by atoms with van der Waals surface area (Å²) in [5, 5.41) is 60.3. The number of hydrogen-bond acceptors (Lipinski definition) is 15. The first-order chi connectivity index (χ1) is 26.7. The van der Waals surface area contributed by atoms with Crippen LogP contribution in [0.1, 0.15) is 76.9 Å². The summed E-state index contributed by atoms with van der Waals surface area (Å²) in [4.78, 5) is 65.8. The molecule has 16 nitrogen and oxygen atoms in total. The van der Waals surface area contributed by atoms with Gasteiger partial charge in [0.15, 0.2) is 11.5 Å². The smallest absolute Gasteiger partial charge is 0.315 e. The summed E-state index contributed by atoms with van der Waals surface area (Å²) in [5.74, 6) is -9.61. The van der Waals surface area contributed by atoms with E-state index in [1.54, 1.807) is 13.0 Å². The highest BCUT2D eigenvalue weighted by atomic mass is 16.7. The second-order valence-corrected chi connectivity index (χ2v) is 14.6. The number of anilines is 1. The highest BCUT2D eigenvalue weighted by molar-refractivity contribution is 6.21. The first kappa shape index (κ1) is 44.4. The number of aliphatic hydroxyl groups excluding tert-OH is 4. The summed E-state index contributed by atoms with van der Waals surface area (Å²) < 4.78 is 27.9. The number of rotatable bonds is 3. The zero-order valence-electron chi connectivity index (χ0n) is 33.5. The van der Waals surface area contributed by atoms with Gasteiger partial charge in [-0.2, -0.15) is 0 Å². The Labute approximate surface area is 330 Å². The molecule has 0 saturated carbocycles. The second-order valence-electron chi connectivity index (χ2n) is 14.6. The molecule has 0 saturated heterocycles. The van der Waals surface area contributed by atoms with Crippen LogP contribution in [0.4, 0.5) is 5.69 Å². The van der Waals surface area contributed by atoms with Crippen LogP contribution < -0.4 is 10.1 Å². The fourth-order valence-electron chi connectivity index (χ4n) is 7.26. The van der Waals surface area contributed by atoms with Crippen LogP contribution in [-0.2, 0) is 38.1 Å². The van der Waals surface area contributed by atoms with E-state index < -0.39 is 96.3 Å². The molecule has 4 aliphatic rings. The fraction of sp³-hybridized carbons (Fsp3) is 0.488. The molecule has 0 spiro atoms. The van der Waals surface area contributed by atoms with E-state index in [4.69, 9.17) is 23.7 Å². The molecule has 0 aromatic heterocycles. The number of amides is 1. The maximum absolute atomic E-state index is 14.0. The number of ketones is 1. The third-order valence-corrected chi connectivity index (χ3v) is 10.6. The monoisotopic (exact) mass is 797 g/mol. The summed E-state index contributed by atoms with van der Waals surface area (Å²) in [6.07, 6.45) is -2.51. The van der Waals surface area contributed by atoms with Crippen molar-refractivity contribution in [2.45, 2.75) is 92.8 Å². The van der Waals surface area contributed by atoms with E-state index in [-0.39, 0.29) is 61.9 Å². The van der Waals surface area contributed by atoms with Crippen molar-refractivity contribution in [3.8, 4) is 11.5 Å². The predicted molar refractivity (Wildman–Crippen MR) is 203 cm³/mol. The van der Waals surface area contributed by atoms with Crippen LogP contribution in [-0.4, -0.2) is 99.6 Å². The number of aromatic hydroxyl groups is 1. The Morgan fingerprint density at radius 3 is 2.07 bits per heavy atom. The van der Waals surface area contributed by atoms with Gasteiger partial charge in [-0.15, -0.1) is 0 Å². The number of carbonyl (C=O) groups excluding carboxylic acids is 5. The van der Waals surface area contributed by atoms with Crippen LogP contribution in [0.2, 0.25) is 0 Å². The van der Waals surface area contributed by atoms with E-state index in [9.17, 15) is 49.5 Å². The van der Waals surface area contributed by atoms with Crippen LogP contribution >= 0.6 is 0 Å². The van der Waals surface area contributed by atoms with Crippen LogP contribution in [0.25, 0.3) is 5.57 Å². The highest BCUT2D eigenvalue weighted by Gasteiger charge is 2.47. The predicted octanol–water partition coefficient (Wildman–Crippen LogP) is 3.29. The van der Waals surface area contributed by atoms with Gasteiger partial charge in [0.05, 0.1) is 48.3 Å². The summed E-state index contributed by atoms with van der Waals surface area (Å²) >= 11 is 0. The SMILES string of the molecule is COC(=O)[C@@H]1[C@H](O)[C@H](C)[C@H](O)[C@H](C)/C=C\C=C(\C)C(=O)Nc2c(C)c(OC(C)=O)c3c(c2O)C(=O)C(C)=C2OCOC(=C23)/C(C)=C/[C@@H](O)[C@H](O)[C@@H](C)[C@H]1OC(C)=O. The van der Waals surface area contributed by atoms with Gasteiger partial charge in [-0.1, -0.05) is 39.0 Å². The molecular formula is C41H51NO15. The number of nitrogens with one attached hydrogen (secondary N) is 1. The lowest BCUT2D eigenvalue weighted by molar-refractivity contribution is -0.178. The molecular weight excluding hydrogens is 746 g/mol. The Kier molecular flexibility index (Phi) is 13.9. The van der Waals surface area contributed by atoms with Crippen molar-refractivity contribution >= 4 is 40.9 Å². The first-order valence-electron chi connectivity index (χ1n) is 18.3. The molecule has 1 amide bonds. The molecule has 57 heavy (non-hydrogen) atoms. The van der Waals surface area contributed by atoms with Crippen molar-refractivity contribution in [2.24, 2.45) is 23.7 Å². The number of carbonyl (C=O) groups is 5. The molecule has 1 aromatic carbocycles. The second kappa shape index (κ2) is 17.9. The van der Waals surface area contributed by atoms with Crippen molar-refractivity contribution in [1.82, 2.24) is 0 Å². The number of phenols is 1. The Morgan fingerprint density at radius 2 is 1.47 bits per heavy atom. The van der Waals surface area contributed by atoms with E-state index in [1.165, 1.54) is 59.8 Å². The zero-order valence-corrected chi connectivity index (χ0v) is 33.5. The molecule has 5 rings (SSSR count). The van der Waals surface area contributed by atoms with E-state index in [2.05, 4.69) is 5.32 Å². The lowest BCUT2D eigenvalue weighted by atomic mass is 9.76. The van der Waals surface area contributed by atoms with Gasteiger partial charge in [-0.05, 0) is 39.3 Å². The number of Topliss-reactive ketones (excluding diaryl/α,β-unsaturated/α-hetero) is 1. The van der Waals surface area contributed by atoms with E-state index in [0.29, 0.717) is 0 Å². The lowest BCUT2D eigenvalue weighted by Crippen LogP contribution is -2.52. The normalized spacial score (nSPS) is 31.1. The molecule has 6 N–H and O–H groups in total. The van der Waals surface area contributed by atoms with Crippen LogP contribution in [0.15, 0.2) is 52.5 Å². The first-order valence-corrected chi connectivity index (χ1v) is 18.3. The molecule has 0 unspecified atom stereocenters. The Balaban J connectivity index is 2.06. The minimum atomic E-state index is -1.78. The maximum Gasteiger partial charge on any atom is 0.315 e. The molecule has 3 heterocycles. The number of allylic oxidation sites excluding steroid dienone is 5. The average Bonchev–Trinajstić information content (AvgIpc) is 3.16. The topological polar surface area (TPSA) is 245 Å². The molecule has 310 valence electrons. The molecule has 4 bridgehead atoms. The van der Waals surface area contributed by atoms with E-state index in [0.717, 1.165) is 21.0 Å². The Bertz CT molecular complexity index is 1990. The molecule has 0 fully saturated rings. The van der Waals surface area contributed by atoms with Crippen molar-refractivity contribution in [2.75, 3.05) is 19.2 Å². The van der Waals surface area contributed by atoms with Gasteiger partial charge in [-0.3, -0.25) is 24.0 Å². The van der Waals surface area contributed by atoms with Gasteiger partial charge in [0.2, 0.25) is 6.79 Å². The van der Waals surface area contributed by atoms with Crippen molar-refractivity contribution < 1.29 is 73.2 Å². The van der Waals surface area contributed by atoms with Gasteiger partial charge < -0.3 is 54.5 Å². The van der Waals surface area contributed by atoms with Crippen LogP contribution in [0.3, 0.4) is 0 Å². The average molecular weight is 798 g/mol. The maximum atomic E-state index is 14.0. The zero-order chi connectivity index (χ0) is 42.8. The standard InChI is InChI=1S/C41H51NO15/c1-16-12-11-13-17(2)40(51)42-30-19(4)38(56-23(8)43)26-27(35(30)50)34(49)22(7)37-28(26)36(54-15-55-37)18(3)14-25(45)32(47)21(6)39(57-24(9)44)29(41(52)53-10)33(48)20(5)31(16)46/h11-14,16,20-21,25,29,31-33,39,45-48,50H,15H2,1-10H3,(H,42,51)/b12-11-,17-13-,18-14+/t16-,20-,21-,25-,29-,31-,32-,33-,39-/m1/s1. The number of methoxy groups -OCH3 is 1. The molecule has 1 aromatic rings. The van der Waals surface area contributed by atoms with Crippen molar-refractivity contribution in [3.63, 3.8) is 0 Å². The van der Waals surface area contributed by atoms with Crippen LogP contribution in [0, 0.1) is 30.6 Å². The Morgan fingerprint density at radius 1 is 0.842 bits per heavy atom. The number of fused-ring (bicyclic) bond motifs is 14. The van der Waals surface area contributed by atoms with Crippen molar-refractivity contribution in [1.29, 1.82) is 0 Å². The van der Waals surface area contributed by atoms with Gasteiger partial charge in [-0.25, -0.2) is 0 Å². The van der Waals surface area contributed by atoms with Gasteiger partial charge in [0, 0.05) is 53.9 Å².